The molecule has 4 nitrogen and oxygen atoms in total. The average molecular weight is 205 g/mol. The summed E-state index contributed by atoms with van der Waals surface area (Å²) in [4.78, 5) is 0. The molecule has 14 heavy (non-hydrogen) atoms. The molecule has 1 atom stereocenters. The molecule has 2 N–H and O–H groups in total. The fourth-order valence-corrected chi connectivity index (χ4v) is 0.967. The predicted octanol–water partition coefficient (Wildman–Crippen LogP) is 0.400. The van der Waals surface area contributed by atoms with E-state index in [1.807, 2.05) is 6.92 Å². The molecule has 0 aromatic rings. The lowest BCUT2D eigenvalue weighted by Gasteiger charge is -2.11. The van der Waals surface area contributed by atoms with Gasteiger partial charge in [0.25, 0.3) is 0 Å². The van der Waals surface area contributed by atoms with Gasteiger partial charge < -0.3 is 19.9 Å². The molecule has 86 valence electrons. The van der Waals surface area contributed by atoms with Crippen LogP contribution in [0, 0.1) is 0 Å². The third-order valence-corrected chi connectivity index (χ3v) is 1.67. The Morgan fingerprint density at radius 2 is 1.86 bits per heavy atom. The Labute approximate surface area is 86.6 Å². The summed E-state index contributed by atoms with van der Waals surface area (Å²) in [5.41, 5.74) is 0. The Balaban J connectivity index is 3.02. The van der Waals surface area contributed by atoms with Crippen LogP contribution in [0.15, 0.2) is 0 Å². The van der Waals surface area contributed by atoms with E-state index in [9.17, 15) is 5.11 Å². The van der Waals surface area contributed by atoms with Gasteiger partial charge >= 0.3 is 0 Å². The minimum Gasteiger partial charge on any atom is -0.388 e. The molecule has 0 aliphatic carbocycles. The molecule has 4 heteroatoms. The van der Waals surface area contributed by atoms with E-state index in [0.29, 0.717) is 26.4 Å². The summed E-state index contributed by atoms with van der Waals surface area (Å²) in [6.07, 6.45) is 0.633. The van der Waals surface area contributed by atoms with Crippen molar-refractivity contribution in [2.45, 2.75) is 26.4 Å². The van der Waals surface area contributed by atoms with Crippen LogP contribution in [-0.2, 0) is 9.47 Å². The van der Waals surface area contributed by atoms with Crippen LogP contribution >= 0.6 is 0 Å². The second-order valence-electron chi connectivity index (χ2n) is 3.14. The SMILES string of the molecule is CCCNCCOCC(O)COCC. The van der Waals surface area contributed by atoms with E-state index in [1.165, 1.54) is 0 Å². The molecule has 0 amide bonds. The molecule has 1 unspecified atom stereocenters. The van der Waals surface area contributed by atoms with Crippen LogP contribution < -0.4 is 5.32 Å². The first-order valence-corrected chi connectivity index (χ1v) is 5.35. The number of hydrogen-bond acceptors (Lipinski definition) is 4. The van der Waals surface area contributed by atoms with Gasteiger partial charge in [0, 0.05) is 13.2 Å². The molecule has 0 heterocycles. The highest BCUT2D eigenvalue weighted by atomic mass is 16.5. The van der Waals surface area contributed by atoms with Gasteiger partial charge in [0.05, 0.1) is 19.8 Å². The molecule has 0 rings (SSSR count). The fourth-order valence-electron chi connectivity index (χ4n) is 0.967. The lowest BCUT2D eigenvalue weighted by atomic mass is 10.4. The van der Waals surface area contributed by atoms with E-state index in [1.54, 1.807) is 0 Å². The molecular formula is C10H23NO3. The normalized spacial score (nSPS) is 13.1. The molecule has 0 saturated carbocycles. The maximum atomic E-state index is 9.31. The van der Waals surface area contributed by atoms with Gasteiger partial charge in [0.2, 0.25) is 0 Å². The minimum atomic E-state index is -0.499. The molecule has 0 aromatic heterocycles. The van der Waals surface area contributed by atoms with Crippen LogP contribution in [0.4, 0.5) is 0 Å². The van der Waals surface area contributed by atoms with Crippen LogP contribution in [-0.4, -0.2) is 50.7 Å². The number of ether oxygens (including phenoxy) is 2. The van der Waals surface area contributed by atoms with E-state index in [2.05, 4.69) is 12.2 Å². The summed E-state index contributed by atoms with van der Waals surface area (Å²) in [5.74, 6) is 0. The molecule has 0 aliphatic heterocycles. The van der Waals surface area contributed by atoms with Crippen molar-refractivity contribution in [1.29, 1.82) is 0 Å². The van der Waals surface area contributed by atoms with Gasteiger partial charge in [-0.15, -0.1) is 0 Å². The van der Waals surface area contributed by atoms with Crippen molar-refractivity contribution >= 4 is 0 Å². The van der Waals surface area contributed by atoms with E-state index in [4.69, 9.17) is 9.47 Å². The van der Waals surface area contributed by atoms with E-state index < -0.39 is 6.10 Å². The maximum Gasteiger partial charge on any atom is 0.101 e. The van der Waals surface area contributed by atoms with Crippen molar-refractivity contribution in [1.82, 2.24) is 5.32 Å². The number of aliphatic hydroxyl groups is 1. The monoisotopic (exact) mass is 205 g/mol. The summed E-state index contributed by atoms with van der Waals surface area (Å²) in [7, 11) is 0. The van der Waals surface area contributed by atoms with Gasteiger partial charge in [0.15, 0.2) is 0 Å². The van der Waals surface area contributed by atoms with Crippen LogP contribution in [0.3, 0.4) is 0 Å². The van der Waals surface area contributed by atoms with Crippen molar-refractivity contribution in [2.75, 3.05) is 39.5 Å². The summed E-state index contributed by atoms with van der Waals surface area (Å²) >= 11 is 0. The fraction of sp³-hybridized carbons (Fsp3) is 1.00. The maximum absolute atomic E-state index is 9.31. The van der Waals surface area contributed by atoms with E-state index in [-0.39, 0.29) is 0 Å². The summed E-state index contributed by atoms with van der Waals surface area (Å²) < 4.78 is 10.3. The first kappa shape index (κ1) is 13.8. The molecule has 0 radical (unpaired) electrons. The van der Waals surface area contributed by atoms with Gasteiger partial charge in [-0.3, -0.25) is 0 Å². The molecule has 0 fully saturated rings. The zero-order chi connectivity index (χ0) is 10.6. The second kappa shape index (κ2) is 10.9. The zero-order valence-electron chi connectivity index (χ0n) is 9.29. The quantitative estimate of drug-likeness (QED) is 0.507. The standard InChI is InChI=1S/C10H23NO3/c1-3-5-11-6-7-14-9-10(12)8-13-4-2/h10-12H,3-9H2,1-2H3. The van der Waals surface area contributed by atoms with Crippen LogP contribution in [0.5, 0.6) is 0 Å². The highest BCUT2D eigenvalue weighted by Crippen LogP contribution is 1.87. The molecule has 0 aromatic carbocycles. The summed E-state index contributed by atoms with van der Waals surface area (Å²) in [5, 5.41) is 12.5. The van der Waals surface area contributed by atoms with Crippen LogP contribution in [0.25, 0.3) is 0 Å². The first-order chi connectivity index (χ1) is 6.81. The largest absolute Gasteiger partial charge is 0.388 e. The third kappa shape index (κ3) is 9.92. The average Bonchev–Trinajstić information content (AvgIpc) is 2.20. The number of nitrogens with one attached hydrogen (secondary N) is 1. The summed E-state index contributed by atoms with van der Waals surface area (Å²) in [6, 6.07) is 0. The van der Waals surface area contributed by atoms with E-state index in [0.717, 1.165) is 19.5 Å². The smallest absolute Gasteiger partial charge is 0.101 e. The van der Waals surface area contributed by atoms with Crippen LogP contribution in [0.1, 0.15) is 20.3 Å². The topological polar surface area (TPSA) is 50.7 Å². The Hall–Kier alpha value is -0.160. The number of rotatable bonds is 10. The van der Waals surface area contributed by atoms with Crippen molar-refractivity contribution in [3.63, 3.8) is 0 Å². The molecule has 0 aliphatic rings. The van der Waals surface area contributed by atoms with Gasteiger partial charge in [-0.25, -0.2) is 0 Å². The second-order valence-corrected chi connectivity index (χ2v) is 3.14. The molecular weight excluding hydrogens is 182 g/mol. The predicted molar refractivity (Wildman–Crippen MR) is 56.5 cm³/mol. The van der Waals surface area contributed by atoms with Crippen molar-refractivity contribution < 1.29 is 14.6 Å². The lowest BCUT2D eigenvalue weighted by molar-refractivity contribution is -0.0152. The van der Waals surface area contributed by atoms with Gasteiger partial charge in [-0.05, 0) is 19.9 Å². The Morgan fingerprint density at radius 1 is 1.14 bits per heavy atom. The Bertz CT molecular complexity index is 112. The molecule has 0 spiro atoms. The number of aliphatic hydroxyl groups excluding tert-OH is 1. The van der Waals surface area contributed by atoms with Crippen molar-refractivity contribution in [3.05, 3.63) is 0 Å². The van der Waals surface area contributed by atoms with Crippen molar-refractivity contribution in [2.24, 2.45) is 0 Å². The number of hydrogen-bond donors (Lipinski definition) is 2. The van der Waals surface area contributed by atoms with Gasteiger partial charge in [-0.1, -0.05) is 6.92 Å². The minimum absolute atomic E-state index is 0.355. The third-order valence-electron chi connectivity index (χ3n) is 1.67. The van der Waals surface area contributed by atoms with E-state index >= 15 is 0 Å². The van der Waals surface area contributed by atoms with Crippen LogP contribution in [0.2, 0.25) is 0 Å². The van der Waals surface area contributed by atoms with Crippen molar-refractivity contribution in [3.8, 4) is 0 Å². The van der Waals surface area contributed by atoms with Gasteiger partial charge in [-0.2, -0.15) is 0 Å². The highest BCUT2D eigenvalue weighted by Gasteiger charge is 2.02. The Kier molecular flexibility index (Phi) is 10.8. The molecule has 0 saturated heterocycles. The summed E-state index contributed by atoms with van der Waals surface area (Å²) in [6.45, 7) is 7.88. The zero-order valence-corrected chi connectivity index (χ0v) is 9.29. The highest BCUT2D eigenvalue weighted by molar-refractivity contribution is 4.51. The van der Waals surface area contributed by atoms with Gasteiger partial charge in [0.1, 0.15) is 6.10 Å². The lowest BCUT2D eigenvalue weighted by Crippen LogP contribution is -2.25. The molecule has 0 bridgehead atoms. The Morgan fingerprint density at radius 3 is 2.50 bits per heavy atom. The first-order valence-electron chi connectivity index (χ1n) is 5.35.